The van der Waals surface area contributed by atoms with E-state index in [1.165, 1.54) is 0 Å². The zero-order chi connectivity index (χ0) is 21.2. The predicted molar refractivity (Wildman–Crippen MR) is 112 cm³/mol. The van der Waals surface area contributed by atoms with Crippen molar-refractivity contribution >= 4 is 22.9 Å². The highest BCUT2D eigenvalue weighted by Gasteiger charge is 2.23. The van der Waals surface area contributed by atoms with Crippen molar-refractivity contribution in [1.29, 1.82) is 0 Å². The minimum Gasteiger partial charge on any atom is -0.454 e. The first kappa shape index (κ1) is 19.5. The molecule has 0 atom stereocenters. The van der Waals surface area contributed by atoms with E-state index in [1.54, 1.807) is 11.0 Å². The zero-order valence-corrected chi connectivity index (χ0v) is 17.3. The third-order valence-electron chi connectivity index (χ3n) is 5.55. The lowest BCUT2D eigenvalue weighted by atomic mass is 10.2. The van der Waals surface area contributed by atoms with Gasteiger partial charge in [0, 0.05) is 39.3 Å². The van der Waals surface area contributed by atoms with Crippen molar-refractivity contribution in [3.8, 4) is 11.5 Å². The van der Waals surface area contributed by atoms with Crippen LogP contribution in [0.5, 0.6) is 11.5 Å². The van der Waals surface area contributed by atoms with Gasteiger partial charge in [0.15, 0.2) is 28.5 Å². The molecule has 0 unspecified atom stereocenters. The molecule has 2 aliphatic rings. The fourth-order valence-electron chi connectivity index (χ4n) is 3.85. The van der Waals surface area contributed by atoms with Crippen LogP contribution < -0.4 is 19.7 Å². The van der Waals surface area contributed by atoms with Crippen LogP contribution in [-0.4, -0.2) is 75.3 Å². The summed E-state index contributed by atoms with van der Waals surface area (Å²) in [6.45, 7) is 6.85. The van der Waals surface area contributed by atoms with Crippen LogP contribution in [0.4, 0.5) is 5.82 Å². The maximum absolute atomic E-state index is 12.4. The van der Waals surface area contributed by atoms with Crippen LogP contribution in [0.25, 0.3) is 11.2 Å². The minimum atomic E-state index is 0.00133. The van der Waals surface area contributed by atoms with Gasteiger partial charge in [0.05, 0.1) is 6.54 Å². The van der Waals surface area contributed by atoms with E-state index in [1.807, 2.05) is 25.1 Å². The minimum absolute atomic E-state index is 0.00133. The zero-order valence-electron chi connectivity index (χ0n) is 17.3. The lowest BCUT2D eigenvalue weighted by Crippen LogP contribution is -2.49. The van der Waals surface area contributed by atoms with Gasteiger partial charge in [0.25, 0.3) is 0 Å². The van der Waals surface area contributed by atoms with E-state index < -0.39 is 0 Å². The summed E-state index contributed by atoms with van der Waals surface area (Å²) in [6, 6.07) is 5.70. The molecule has 0 radical (unpaired) electrons. The first-order chi connectivity index (χ1) is 15.2. The van der Waals surface area contributed by atoms with Gasteiger partial charge in [-0.3, -0.25) is 9.69 Å². The highest BCUT2D eigenvalue weighted by atomic mass is 16.7. The molecule has 1 fully saturated rings. The molecule has 11 heteroatoms. The van der Waals surface area contributed by atoms with Crippen LogP contribution in [0.1, 0.15) is 12.5 Å². The predicted octanol–water partition coefficient (Wildman–Crippen LogP) is 0.408. The Morgan fingerprint density at radius 2 is 1.97 bits per heavy atom. The van der Waals surface area contributed by atoms with Crippen LogP contribution in [0.3, 0.4) is 0 Å². The number of amides is 1. The number of anilines is 1. The van der Waals surface area contributed by atoms with Gasteiger partial charge in [-0.2, -0.15) is 0 Å². The second kappa shape index (κ2) is 8.34. The molecule has 31 heavy (non-hydrogen) atoms. The number of aryl methyl sites for hydroxylation is 1. The topological polar surface area (TPSA) is 111 Å². The van der Waals surface area contributed by atoms with Crippen molar-refractivity contribution in [2.75, 3.05) is 44.4 Å². The number of aromatic nitrogens is 5. The van der Waals surface area contributed by atoms with Crippen molar-refractivity contribution < 1.29 is 14.3 Å². The summed E-state index contributed by atoms with van der Waals surface area (Å²) in [4.78, 5) is 25.5. The van der Waals surface area contributed by atoms with E-state index in [-0.39, 0.29) is 12.7 Å². The number of piperazine rings is 1. The largest absolute Gasteiger partial charge is 0.454 e. The van der Waals surface area contributed by atoms with Crippen molar-refractivity contribution in [2.45, 2.75) is 20.0 Å². The summed E-state index contributed by atoms with van der Waals surface area (Å²) in [6.07, 6.45) is 1.56. The summed E-state index contributed by atoms with van der Waals surface area (Å²) in [5.74, 6) is 2.27. The SMILES string of the molecule is CCn1nnc2c(N3CCN(CC(=O)NCc4ccc5c(c4)OCO5)CC3)ncnc21. The van der Waals surface area contributed by atoms with E-state index in [2.05, 4.69) is 35.4 Å². The second-order valence-corrected chi connectivity index (χ2v) is 7.50. The van der Waals surface area contributed by atoms with Crippen molar-refractivity contribution in [3.63, 3.8) is 0 Å². The Bertz CT molecular complexity index is 1090. The van der Waals surface area contributed by atoms with Crippen molar-refractivity contribution in [2.24, 2.45) is 0 Å². The van der Waals surface area contributed by atoms with Gasteiger partial charge < -0.3 is 19.7 Å². The summed E-state index contributed by atoms with van der Waals surface area (Å²) in [5, 5.41) is 11.4. The van der Waals surface area contributed by atoms with Crippen LogP contribution >= 0.6 is 0 Å². The molecule has 0 aliphatic carbocycles. The summed E-state index contributed by atoms with van der Waals surface area (Å²) >= 11 is 0. The molecule has 4 heterocycles. The molecule has 1 N–H and O–H groups in total. The van der Waals surface area contributed by atoms with Crippen molar-refractivity contribution in [3.05, 3.63) is 30.1 Å². The number of nitrogens with zero attached hydrogens (tertiary/aromatic N) is 7. The van der Waals surface area contributed by atoms with Gasteiger partial charge in [-0.05, 0) is 24.6 Å². The number of ether oxygens (including phenoxy) is 2. The van der Waals surface area contributed by atoms with Gasteiger partial charge in [-0.15, -0.1) is 5.10 Å². The fraction of sp³-hybridized carbons (Fsp3) is 0.450. The maximum Gasteiger partial charge on any atom is 0.234 e. The highest BCUT2D eigenvalue weighted by Crippen LogP contribution is 2.32. The quantitative estimate of drug-likeness (QED) is 0.601. The average Bonchev–Trinajstić information content (AvgIpc) is 3.44. The molecule has 1 amide bonds. The van der Waals surface area contributed by atoms with Gasteiger partial charge in [-0.1, -0.05) is 11.3 Å². The Morgan fingerprint density at radius 3 is 2.81 bits per heavy atom. The van der Waals surface area contributed by atoms with Gasteiger partial charge in [0.1, 0.15) is 6.33 Å². The van der Waals surface area contributed by atoms with Gasteiger partial charge in [-0.25, -0.2) is 14.6 Å². The Morgan fingerprint density at radius 1 is 1.13 bits per heavy atom. The molecule has 1 saturated heterocycles. The first-order valence-electron chi connectivity index (χ1n) is 10.4. The van der Waals surface area contributed by atoms with E-state index in [0.29, 0.717) is 19.6 Å². The molecular formula is C20H24N8O3. The standard InChI is InChI=1S/C20H24N8O3/c1-2-28-20-18(24-25-28)19(22-12-23-20)27-7-5-26(6-8-27)11-17(29)21-10-14-3-4-15-16(9-14)31-13-30-15/h3-4,9,12H,2,5-8,10-11,13H2,1H3,(H,21,29). The monoisotopic (exact) mass is 424 g/mol. The van der Waals surface area contributed by atoms with Crippen LogP contribution in [-0.2, 0) is 17.9 Å². The highest BCUT2D eigenvalue weighted by molar-refractivity contribution is 5.82. The van der Waals surface area contributed by atoms with E-state index in [9.17, 15) is 4.79 Å². The first-order valence-corrected chi connectivity index (χ1v) is 10.4. The number of hydrogen-bond donors (Lipinski definition) is 1. The smallest absolute Gasteiger partial charge is 0.234 e. The lowest BCUT2D eigenvalue weighted by molar-refractivity contribution is -0.122. The molecule has 0 saturated carbocycles. The molecule has 5 rings (SSSR count). The Kier molecular flexibility index (Phi) is 5.24. The third-order valence-corrected chi connectivity index (χ3v) is 5.55. The van der Waals surface area contributed by atoms with E-state index in [4.69, 9.17) is 9.47 Å². The van der Waals surface area contributed by atoms with Gasteiger partial charge in [0.2, 0.25) is 12.7 Å². The maximum atomic E-state index is 12.4. The number of benzene rings is 1. The Balaban J connectivity index is 1.13. The number of carbonyl (C=O) groups is 1. The number of fused-ring (bicyclic) bond motifs is 2. The molecule has 162 valence electrons. The van der Waals surface area contributed by atoms with E-state index in [0.717, 1.165) is 60.2 Å². The molecule has 3 aromatic rings. The molecule has 11 nitrogen and oxygen atoms in total. The Hall–Kier alpha value is -3.47. The number of carbonyl (C=O) groups excluding carboxylic acids is 1. The number of rotatable bonds is 6. The summed E-state index contributed by atoms with van der Waals surface area (Å²) < 4.78 is 12.5. The molecular weight excluding hydrogens is 400 g/mol. The molecule has 2 aromatic heterocycles. The Labute approximate surface area is 179 Å². The third kappa shape index (κ3) is 3.96. The molecule has 1 aromatic carbocycles. The van der Waals surface area contributed by atoms with Crippen LogP contribution in [0.2, 0.25) is 0 Å². The number of hydrogen-bond acceptors (Lipinski definition) is 9. The fourth-order valence-corrected chi connectivity index (χ4v) is 3.85. The number of nitrogens with one attached hydrogen (secondary N) is 1. The summed E-state index contributed by atoms with van der Waals surface area (Å²) in [7, 11) is 0. The lowest BCUT2D eigenvalue weighted by Gasteiger charge is -2.34. The normalized spacial score (nSPS) is 16.1. The van der Waals surface area contributed by atoms with E-state index >= 15 is 0 Å². The van der Waals surface area contributed by atoms with Crippen molar-refractivity contribution in [1.82, 2.24) is 35.2 Å². The van der Waals surface area contributed by atoms with Crippen LogP contribution in [0.15, 0.2) is 24.5 Å². The second-order valence-electron chi connectivity index (χ2n) is 7.50. The summed E-state index contributed by atoms with van der Waals surface area (Å²) in [5.41, 5.74) is 2.45. The molecule has 0 bridgehead atoms. The molecule has 0 spiro atoms. The van der Waals surface area contributed by atoms with Gasteiger partial charge >= 0.3 is 0 Å². The molecule has 2 aliphatic heterocycles. The van der Waals surface area contributed by atoms with Crippen LogP contribution in [0, 0.1) is 0 Å². The average molecular weight is 424 g/mol.